The quantitative estimate of drug-likeness (QED) is 0.687. The van der Waals surface area contributed by atoms with Gasteiger partial charge < -0.3 is 9.47 Å². The van der Waals surface area contributed by atoms with E-state index in [1.807, 2.05) is 0 Å². The maximum absolute atomic E-state index is 11.5. The molecule has 2 rings (SSSR count). The third-order valence-electron chi connectivity index (χ3n) is 2.19. The van der Waals surface area contributed by atoms with E-state index in [4.69, 9.17) is 9.47 Å². The van der Waals surface area contributed by atoms with Crippen LogP contribution in [0, 0.1) is 0 Å². The molecule has 4 nitrogen and oxygen atoms in total. The normalized spacial score (nSPS) is 18.2. The number of carbonyl (C=O) groups excluding carboxylic acids is 2. The van der Waals surface area contributed by atoms with Crippen LogP contribution in [0.5, 0.6) is 0 Å². The monoisotopic (exact) mass is 206 g/mol. The number of carbonyl (C=O) groups is 2. The van der Waals surface area contributed by atoms with Crippen molar-refractivity contribution in [1.82, 2.24) is 0 Å². The summed E-state index contributed by atoms with van der Waals surface area (Å²) in [6.45, 7) is 1.98. The molecule has 1 heterocycles. The van der Waals surface area contributed by atoms with Gasteiger partial charge in [0.1, 0.15) is 0 Å². The number of rotatable bonds is 2. The third kappa shape index (κ3) is 1.58. The Kier molecular flexibility index (Phi) is 2.41. The van der Waals surface area contributed by atoms with Crippen molar-refractivity contribution in [2.75, 3.05) is 6.61 Å². The molecule has 0 radical (unpaired) electrons. The van der Waals surface area contributed by atoms with Crippen molar-refractivity contribution in [2.45, 2.75) is 13.0 Å². The molecular weight excluding hydrogens is 196 g/mol. The van der Waals surface area contributed by atoms with E-state index >= 15 is 0 Å². The van der Waals surface area contributed by atoms with Gasteiger partial charge >= 0.3 is 11.9 Å². The van der Waals surface area contributed by atoms with E-state index in [0.717, 1.165) is 0 Å². The Balaban J connectivity index is 2.32. The predicted molar refractivity (Wildman–Crippen MR) is 51.2 cm³/mol. The lowest BCUT2D eigenvalue weighted by molar-refractivity contribution is -0.153. The minimum atomic E-state index is -0.895. The van der Waals surface area contributed by atoms with Gasteiger partial charge in [-0.25, -0.2) is 9.59 Å². The minimum Gasteiger partial charge on any atom is -0.463 e. The Hall–Kier alpha value is -1.84. The number of benzene rings is 1. The van der Waals surface area contributed by atoms with Crippen LogP contribution in [0.4, 0.5) is 0 Å². The van der Waals surface area contributed by atoms with Gasteiger partial charge in [-0.1, -0.05) is 18.2 Å². The first-order chi connectivity index (χ1) is 7.24. The Morgan fingerprint density at radius 3 is 2.93 bits per heavy atom. The summed E-state index contributed by atoms with van der Waals surface area (Å²) < 4.78 is 9.75. The second-order valence-electron chi connectivity index (χ2n) is 3.12. The molecule has 78 valence electrons. The fraction of sp³-hybridized carbons (Fsp3) is 0.273. The average molecular weight is 206 g/mol. The number of ether oxygens (including phenoxy) is 2. The van der Waals surface area contributed by atoms with Crippen molar-refractivity contribution in [2.24, 2.45) is 0 Å². The summed E-state index contributed by atoms with van der Waals surface area (Å²) >= 11 is 0. The highest BCUT2D eigenvalue weighted by molar-refractivity contribution is 5.98. The Morgan fingerprint density at radius 1 is 1.47 bits per heavy atom. The zero-order valence-electron chi connectivity index (χ0n) is 8.23. The number of cyclic esters (lactones) is 1. The summed E-state index contributed by atoms with van der Waals surface area (Å²) in [7, 11) is 0. The van der Waals surface area contributed by atoms with Crippen LogP contribution < -0.4 is 0 Å². The van der Waals surface area contributed by atoms with Crippen LogP contribution in [0.3, 0.4) is 0 Å². The standard InChI is InChI=1S/C11H10O4/c1-2-14-11(13)9-7-5-3-4-6-8(7)10(12)15-9/h3-6,9H,2H2,1H3/t9-/m0/s1. The molecule has 1 aromatic rings. The van der Waals surface area contributed by atoms with Crippen LogP contribution in [0.15, 0.2) is 24.3 Å². The predicted octanol–water partition coefficient (Wildman–Crippen LogP) is 1.46. The highest BCUT2D eigenvalue weighted by atomic mass is 16.6. The van der Waals surface area contributed by atoms with Gasteiger partial charge in [0.2, 0.25) is 6.10 Å². The Morgan fingerprint density at radius 2 is 2.20 bits per heavy atom. The van der Waals surface area contributed by atoms with E-state index in [0.29, 0.717) is 11.1 Å². The number of hydrogen-bond donors (Lipinski definition) is 0. The molecule has 0 fully saturated rings. The molecular formula is C11H10O4. The van der Waals surface area contributed by atoms with E-state index in [9.17, 15) is 9.59 Å². The van der Waals surface area contributed by atoms with E-state index < -0.39 is 18.0 Å². The summed E-state index contributed by atoms with van der Waals surface area (Å²) in [4.78, 5) is 22.8. The van der Waals surface area contributed by atoms with Crippen molar-refractivity contribution in [3.05, 3.63) is 35.4 Å². The molecule has 0 N–H and O–H groups in total. The molecule has 0 spiro atoms. The SMILES string of the molecule is CCOC(=O)[C@H]1OC(=O)c2ccccc21. The first kappa shape index (κ1) is 9.71. The molecule has 0 unspecified atom stereocenters. The highest BCUT2D eigenvalue weighted by Gasteiger charge is 2.36. The molecule has 1 aliphatic rings. The van der Waals surface area contributed by atoms with Gasteiger partial charge in [0.15, 0.2) is 0 Å². The first-order valence-electron chi connectivity index (χ1n) is 4.70. The molecule has 0 saturated heterocycles. The largest absolute Gasteiger partial charge is 0.463 e. The van der Waals surface area contributed by atoms with Gasteiger partial charge in [0, 0.05) is 5.56 Å². The van der Waals surface area contributed by atoms with Crippen LogP contribution in [0.2, 0.25) is 0 Å². The van der Waals surface area contributed by atoms with Crippen LogP contribution in [-0.4, -0.2) is 18.5 Å². The molecule has 15 heavy (non-hydrogen) atoms. The van der Waals surface area contributed by atoms with Crippen molar-refractivity contribution in [3.8, 4) is 0 Å². The molecule has 0 amide bonds. The fourth-order valence-electron chi connectivity index (χ4n) is 1.54. The Labute approximate surface area is 86.8 Å². The minimum absolute atomic E-state index is 0.273. The van der Waals surface area contributed by atoms with Crippen molar-refractivity contribution < 1.29 is 19.1 Å². The zero-order valence-corrected chi connectivity index (χ0v) is 8.23. The van der Waals surface area contributed by atoms with E-state index in [2.05, 4.69) is 0 Å². The lowest BCUT2D eigenvalue weighted by atomic mass is 10.1. The third-order valence-corrected chi connectivity index (χ3v) is 2.19. The van der Waals surface area contributed by atoms with Gasteiger partial charge in [-0.05, 0) is 13.0 Å². The van der Waals surface area contributed by atoms with Gasteiger partial charge in [0.05, 0.1) is 12.2 Å². The van der Waals surface area contributed by atoms with Crippen LogP contribution in [0.25, 0.3) is 0 Å². The zero-order chi connectivity index (χ0) is 10.8. The maximum atomic E-state index is 11.5. The summed E-state index contributed by atoms with van der Waals surface area (Å²) in [6.07, 6.45) is -0.895. The average Bonchev–Trinajstić information content (AvgIpc) is 2.58. The lowest BCUT2D eigenvalue weighted by Crippen LogP contribution is -2.15. The van der Waals surface area contributed by atoms with Crippen LogP contribution >= 0.6 is 0 Å². The second kappa shape index (κ2) is 3.73. The molecule has 0 saturated carbocycles. The van der Waals surface area contributed by atoms with Crippen molar-refractivity contribution in [3.63, 3.8) is 0 Å². The topological polar surface area (TPSA) is 52.6 Å². The number of hydrogen-bond acceptors (Lipinski definition) is 4. The van der Waals surface area contributed by atoms with Crippen LogP contribution in [-0.2, 0) is 14.3 Å². The molecule has 1 aliphatic heterocycles. The molecule has 0 bridgehead atoms. The van der Waals surface area contributed by atoms with Gasteiger partial charge in [-0.2, -0.15) is 0 Å². The molecule has 0 aromatic heterocycles. The smallest absolute Gasteiger partial charge is 0.352 e. The molecule has 1 atom stereocenters. The van der Waals surface area contributed by atoms with E-state index in [-0.39, 0.29) is 6.61 Å². The molecule has 0 aliphatic carbocycles. The van der Waals surface area contributed by atoms with Gasteiger partial charge in [-0.15, -0.1) is 0 Å². The Bertz CT molecular complexity index is 411. The number of fused-ring (bicyclic) bond motifs is 1. The maximum Gasteiger partial charge on any atom is 0.352 e. The van der Waals surface area contributed by atoms with Gasteiger partial charge in [-0.3, -0.25) is 0 Å². The molecule has 4 heteroatoms. The van der Waals surface area contributed by atoms with Crippen LogP contribution in [0.1, 0.15) is 28.9 Å². The van der Waals surface area contributed by atoms with Gasteiger partial charge in [0.25, 0.3) is 0 Å². The first-order valence-corrected chi connectivity index (χ1v) is 4.70. The highest BCUT2D eigenvalue weighted by Crippen LogP contribution is 2.30. The second-order valence-corrected chi connectivity index (χ2v) is 3.12. The summed E-state index contributed by atoms with van der Waals surface area (Å²) in [5.74, 6) is -0.987. The summed E-state index contributed by atoms with van der Waals surface area (Å²) in [6, 6.07) is 6.82. The fourth-order valence-corrected chi connectivity index (χ4v) is 1.54. The van der Waals surface area contributed by atoms with E-state index in [1.165, 1.54) is 0 Å². The molecule has 1 aromatic carbocycles. The summed E-state index contributed by atoms with van der Waals surface area (Å²) in [5, 5.41) is 0. The van der Waals surface area contributed by atoms with Crippen molar-refractivity contribution >= 4 is 11.9 Å². The van der Waals surface area contributed by atoms with E-state index in [1.54, 1.807) is 31.2 Å². The van der Waals surface area contributed by atoms with Crippen molar-refractivity contribution in [1.29, 1.82) is 0 Å². The summed E-state index contributed by atoms with van der Waals surface area (Å²) in [5.41, 5.74) is 1.02. The lowest BCUT2D eigenvalue weighted by Gasteiger charge is -2.08. The number of esters is 2.